The molecule has 1 amide bonds. The molecule has 0 radical (unpaired) electrons. The molecule has 0 aliphatic rings. The van der Waals surface area contributed by atoms with Gasteiger partial charge in [-0.3, -0.25) is 9.20 Å². The van der Waals surface area contributed by atoms with Gasteiger partial charge in [-0.25, -0.2) is 13.8 Å². The van der Waals surface area contributed by atoms with Crippen molar-refractivity contribution >= 4 is 27.9 Å². The summed E-state index contributed by atoms with van der Waals surface area (Å²) in [5.41, 5.74) is 3.17. The van der Waals surface area contributed by atoms with Gasteiger partial charge in [-0.1, -0.05) is 17.4 Å². The van der Waals surface area contributed by atoms with Gasteiger partial charge in [-0.2, -0.15) is 0 Å². The number of carbonyl (C=O) groups is 1. The number of hydrogen-bond donors (Lipinski definition) is 1. The van der Waals surface area contributed by atoms with E-state index < -0.39 is 0 Å². The standard InChI is InChI=1S/C20H15F2N3OS/c1-11-3-8-15(9-16(11)22)23-19(26)18-12(2)25-10-17(24-20(25)27-18)13-4-6-14(21)7-5-13/h3-10H,1-2H3,(H,23,26). The van der Waals surface area contributed by atoms with Gasteiger partial charge in [0.15, 0.2) is 4.96 Å². The minimum absolute atomic E-state index is 0.303. The maximum absolute atomic E-state index is 13.7. The molecule has 2 heterocycles. The summed E-state index contributed by atoms with van der Waals surface area (Å²) < 4.78 is 28.6. The first-order valence-electron chi connectivity index (χ1n) is 8.24. The maximum Gasteiger partial charge on any atom is 0.267 e. The first-order chi connectivity index (χ1) is 12.9. The summed E-state index contributed by atoms with van der Waals surface area (Å²) in [7, 11) is 0. The Morgan fingerprint density at radius 1 is 1.11 bits per heavy atom. The van der Waals surface area contributed by atoms with E-state index in [1.165, 1.54) is 29.5 Å². The number of nitrogens with zero attached hydrogens (tertiary/aromatic N) is 2. The molecule has 136 valence electrons. The Morgan fingerprint density at radius 3 is 2.52 bits per heavy atom. The Kier molecular flexibility index (Phi) is 4.24. The maximum atomic E-state index is 13.7. The van der Waals surface area contributed by atoms with Gasteiger partial charge in [0.25, 0.3) is 5.91 Å². The largest absolute Gasteiger partial charge is 0.321 e. The smallest absolute Gasteiger partial charge is 0.267 e. The molecule has 2 aromatic heterocycles. The van der Waals surface area contributed by atoms with E-state index in [0.29, 0.717) is 26.8 Å². The minimum atomic E-state index is -0.366. The molecule has 1 N–H and O–H groups in total. The zero-order valence-corrected chi connectivity index (χ0v) is 15.4. The Hall–Kier alpha value is -3.06. The number of benzene rings is 2. The molecule has 0 atom stereocenters. The Labute approximate surface area is 158 Å². The summed E-state index contributed by atoms with van der Waals surface area (Å²) in [5.74, 6) is -0.980. The van der Waals surface area contributed by atoms with Crippen LogP contribution in [0, 0.1) is 25.5 Å². The van der Waals surface area contributed by atoms with Gasteiger partial charge >= 0.3 is 0 Å². The molecule has 4 rings (SSSR count). The minimum Gasteiger partial charge on any atom is -0.321 e. The second-order valence-corrected chi connectivity index (χ2v) is 7.20. The van der Waals surface area contributed by atoms with Crippen LogP contribution < -0.4 is 5.32 Å². The van der Waals surface area contributed by atoms with Crippen LogP contribution in [0.25, 0.3) is 16.2 Å². The fourth-order valence-electron chi connectivity index (χ4n) is 2.78. The van der Waals surface area contributed by atoms with E-state index in [0.717, 1.165) is 11.3 Å². The SMILES string of the molecule is Cc1ccc(NC(=O)c2sc3nc(-c4ccc(F)cc4)cn3c2C)cc1F. The number of fused-ring (bicyclic) bond motifs is 1. The summed E-state index contributed by atoms with van der Waals surface area (Å²) >= 11 is 1.25. The first-order valence-corrected chi connectivity index (χ1v) is 9.06. The van der Waals surface area contributed by atoms with Gasteiger partial charge in [0.2, 0.25) is 0 Å². The second-order valence-electron chi connectivity index (χ2n) is 6.22. The van der Waals surface area contributed by atoms with Gasteiger partial charge in [0.05, 0.1) is 5.69 Å². The number of amides is 1. The molecule has 0 fully saturated rings. The van der Waals surface area contributed by atoms with E-state index in [1.807, 2.05) is 17.5 Å². The van der Waals surface area contributed by atoms with Crippen molar-refractivity contribution in [1.29, 1.82) is 0 Å². The zero-order valence-electron chi connectivity index (χ0n) is 14.6. The van der Waals surface area contributed by atoms with Crippen molar-refractivity contribution in [1.82, 2.24) is 9.38 Å². The van der Waals surface area contributed by atoms with Crippen LogP contribution in [-0.4, -0.2) is 15.3 Å². The predicted octanol–water partition coefficient (Wildman–Crippen LogP) is 5.21. The number of aryl methyl sites for hydroxylation is 2. The molecule has 0 bridgehead atoms. The van der Waals surface area contributed by atoms with Crippen molar-refractivity contribution < 1.29 is 13.6 Å². The van der Waals surface area contributed by atoms with Crippen LogP contribution in [0.2, 0.25) is 0 Å². The van der Waals surface area contributed by atoms with E-state index in [1.54, 1.807) is 31.2 Å². The highest BCUT2D eigenvalue weighted by molar-refractivity contribution is 7.19. The lowest BCUT2D eigenvalue weighted by molar-refractivity contribution is 0.102. The highest BCUT2D eigenvalue weighted by Crippen LogP contribution is 2.28. The fourth-order valence-corrected chi connectivity index (χ4v) is 3.78. The van der Waals surface area contributed by atoms with Crippen molar-refractivity contribution in [2.75, 3.05) is 5.32 Å². The zero-order chi connectivity index (χ0) is 19.1. The molecule has 0 aliphatic heterocycles. The average Bonchev–Trinajstić information content (AvgIpc) is 3.18. The van der Waals surface area contributed by atoms with Crippen molar-refractivity contribution in [2.24, 2.45) is 0 Å². The highest BCUT2D eigenvalue weighted by atomic mass is 32.1. The lowest BCUT2D eigenvalue weighted by Gasteiger charge is -2.05. The Balaban J connectivity index is 1.63. The first kappa shape index (κ1) is 17.4. The normalized spacial score (nSPS) is 11.1. The van der Waals surface area contributed by atoms with Crippen molar-refractivity contribution in [3.8, 4) is 11.3 Å². The third-order valence-electron chi connectivity index (χ3n) is 4.33. The molecule has 4 nitrogen and oxygen atoms in total. The van der Waals surface area contributed by atoms with E-state index in [2.05, 4.69) is 10.3 Å². The van der Waals surface area contributed by atoms with Gasteiger partial charge in [0.1, 0.15) is 16.5 Å². The summed E-state index contributed by atoms with van der Waals surface area (Å²) in [6, 6.07) is 10.7. The highest BCUT2D eigenvalue weighted by Gasteiger charge is 2.18. The molecule has 4 aromatic rings. The van der Waals surface area contributed by atoms with E-state index >= 15 is 0 Å². The molecule has 0 unspecified atom stereocenters. The average molecular weight is 383 g/mol. The number of halogens is 2. The third-order valence-corrected chi connectivity index (χ3v) is 5.49. The van der Waals surface area contributed by atoms with Gasteiger partial charge in [-0.15, -0.1) is 0 Å². The summed E-state index contributed by atoms with van der Waals surface area (Å²) in [6.45, 7) is 3.49. The third kappa shape index (κ3) is 3.21. The van der Waals surface area contributed by atoms with Crippen molar-refractivity contribution in [2.45, 2.75) is 13.8 Å². The molecule has 0 aliphatic carbocycles. The van der Waals surface area contributed by atoms with Gasteiger partial charge in [0, 0.05) is 23.1 Å². The molecule has 0 saturated carbocycles. The molecule has 2 aromatic carbocycles. The van der Waals surface area contributed by atoms with Crippen LogP contribution >= 0.6 is 11.3 Å². The molecule has 0 saturated heterocycles. The summed E-state index contributed by atoms with van der Waals surface area (Å²) in [5, 5.41) is 2.72. The predicted molar refractivity (Wildman–Crippen MR) is 102 cm³/mol. The number of nitrogens with one attached hydrogen (secondary N) is 1. The summed E-state index contributed by atoms with van der Waals surface area (Å²) in [4.78, 5) is 18.3. The molecule has 0 spiro atoms. The van der Waals surface area contributed by atoms with Crippen LogP contribution in [0.5, 0.6) is 0 Å². The van der Waals surface area contributed by atoms with Crippen LogP contribution in [0.4, 0.5) is 14.5 Å². The topological polar surface area (TPSA) is 46.4 Å². The van der Waals surface area contributed by atoms with Crippen LogP contribution in [0.3, 0.4) is 0 Å². The number of imidazole rings is 1. The monoisotopic (exact) mass is 383 g/mol. The van der Waals surface area contributed by atoms with Crippen molar-refractivity contribution in [3.05, 3.63) is 76.4 Å². The van der Waals surface area contributed by atoms with Crippen molar-refractivity contribution in [3.63, 3.8) is 0 Å². The fraction of sp³-hybridized carbons (Fsp3) is 0.100. The van der Waals surface area contributed by atoms with Crippen LogP contribution in [0.15, 0.2) is 48.7 Å². The number of aromatic nitrogens is 2. The molecule has 27 heavy (non-hydrogen) atoms. The second kappa shape index (κ2) is 6.59. The molecular weight excluding hydrogens is 368 g/mol. The van der Waals surface area contributed by atoms with E-state index in [-0.39, 0.29) is 17.5 Å². The number of carbonyl (C=O) groups excluding carboxylic acids is 1. The summed E-state index contributed by atoms with van der Waals surface area (Å²) in [6.07, 6.45) is 1.82. The number of anilines is 1. The molecule has 7 heteroatoms. The quantitative estimate of drug-likeness (QED) is 0.528. The lowest BCUT2D eigenvalue weighted by Crippen LogP contribution is -2.12. The number of rotatable bonds is 3. The number of hydrogen-bond acceptors (Lipinski definition) is 3. The van der Waals surface area contributed by atoms with E-state index in [4.69, 9.17) is 0 Å². The van der Waals surface area contributed by atoms with Gasteiger partial charge in [-0.05, 0) is 55.8 Å². The Morgan fingerprint density at radius 2 is 1.85 bits per heavy atom. The molecular formula is C20H15F2N3OS. The Bertz CT molecular complexity index is 1160. The van der Waals surface area contributed by atoms with Crippen LogP contribution in [0.1, 0.15) is 20.9 Å². The number of thiazole rings is 1. The van der Waals surface area contributed by atoms with Crippen LogP contribution in [-0.2, 0) is 0 Å². The van der Waals surface area contributed by atoms with E-state index in [9.17, 15) is 13.6 Å². The lowest BCUT2D eigenvalue weighted by atomic mass is 10.2. The van der Waals surface area contributed by atoms with Gasteiger partial charge < -0.3 is 5.32 Å².